The predicted octanol–water partition coefficient (Wildman–Crippen LogP) is 2.37. The fraction of sp³-hybridized carbons (Fsp3) is 0.333. The Morgan fingerprint density at radius 2 is 2.11 bits per heavy atom. The molecule has 0 aliphatic carbocycles. The molecule has 0 spiro atoms. The van der Waals surface area contributed by atoms with Crippen molar-refractivity contribution in [3.05, 3.63) is 34.3 Å². The Balaban J connectivity index is 2.42. The van der Waals surface area contributed by atoms with Crippen LogP contribution in [0, 0.1) is 0 Å². The molecule has 0 saturated carbocycles. The SMILES string of the molecule is CC1=CCCN(S(=O)(=O)c2cc(N)ccc2Br)C1. The average molecular weight is 331 g/mol. The number of nitrogen functional groups attached to an aromatic ring is 1. The van der Waals surface area contributed by atoms with Crippen molar-refractivity contribution in [2.75, 3.05) is 18.8 Å². The molecule has 98 valence electrons. The lowest BCUT2D eigenvalue weighted by molar-refractivity contribution is 0.427. The Bertz CT molecular complexity index is 596. The molecular formula is C12H15BrN2O2S. The zero-order valence-corrected chi connectivity index (χ0v) is 12.5. The second-order valence-electron chi connectivity index (χ2n) is 4.37. The fourth-order valence-electron chi connectivity index (χ4n) is 1.94. The molecule has 4 nitrogen and oxygen atoms in total. The Morgan fingerprint density at radius 3 is 2.78 bits per heavy atom. The summed E-state index contributed by atoms with van der Waals surface area (Å²) in [7, 11) is -3.48. The maximum absolute atomic E-state index is 12.5. The number of rotatable bonds is 2. The molecule has 1 heterocycles. The Hall–Kier alpha value is -0.850. The van der Waals surface area contributed by atoms with E-state index < -0.39 is 10.0 Å². The van der Waals surface area contributed by atoms with Crippen molar-refractivity contribution in [2.24, 2.45) is 0 Å². The van der Waals surface area contributed by atoms with Gasteiger partial charge in [-0.3, -0.25) is 0 Å². The van der Waals surface area contributed by atoms with Crippen LogP contribution in [0.5, 0.6) is 0 Å². The highest BCUT2D eigenvalue weighted by Gasteiger charge is 2.27. The van der Waals surface area contributed by atoms with Crippen molar-refractivity contribution < 1.29 is 8.42 Å². The molecule has 2 N–H and O–H groups in total. The second kappa shape index (κ2) is 5.03. The maximum Gasteiger partial charge on any atom is 0.244 e. The monoisotopic (exact) mass is 330 g/mol. The molecule has 1 aromatic rings. The van der Waals surface area contributed by atoms with Crippen LogP contribution in [0.15, 0.2) is 39.2 Å². The van der Waals surface area contributed by atoms with Gasteiger partial charge >= 0.3 is 0 Å². The number of nitrogens with zero attached hydrogens (tertiary/aromatic N) is 1. The third-order valence-corrected chi connectivity index (χ3v) is 5.71. The highest BCUT2D eigenvalue weighted by Crippen LogP contribution is 2.28. The largest absolute Gasteiger partial charge is 0.399 e. The molecule has 1 aliphatic heterocycles. The number of anilines is 1. The lowest BCUT2D eigenvalue weighted by Gasteiger charge is -2.26. The first-order valence-corrected chi connectivity index (χ1v) is 7.85. The molecule has 0 bridgehead atoms. The van der Waals surface area contributed by atoms with Crippen molar-refractivity contribution >= 4 is 31.6 Å². The number of hydrogen-bond donors (Lipinski definition) is 1. The fourth-order valence-corrected chi connectivity index (χ4v) is 4.40. The standard InChI is InChI=1S/C12H15BrN2O2S/c1-9-3-2-6-15(8-9)18(16,17)12-7-10(14)4-5-11(12)13/h3-5,7H,2,6,8,14H2,1H3. The third kappa shape index (κ3) is 2.60. The van der Waals surface area contributed by atoms with Crippen molar-refractivity contribution in [1.82, 2.24) is 4.31 Å². The maximum atomic E-state index is 12.5. The van der Waals surface area contributed by atoms with Crippen LogP contribution >= 0.6 is 15.9 Å². The van der Waals surface area contributed by atoms with Crippen molar-refractivity contribution in [3.63, 3.8) is 0 Å². The summed E-state index contributed by atoms with van der Waals surface area (Å²) >= 11 is 3.27. The zero-order valence-electron chi connectivity index (χ0n) is 10.1. The van der Waals surface area contributed by atoms with Gasteiger partial charge in [0.25, 0.3) is 0 Å². The number of sulfonamides is 1. The van der Waals surface area contributed by atoms with Gasteiger partial charge in [0, 0.05) is 23.2 Å². The molecule has 2 rings (SSSR count). The van der Waals surface area contributed by atoms with E-state index in [1.54, 1.807) is 12.1 Å². The summed E-state index contributed by atoms with van der Waals surface area (Å²) in [6, 6.07) is 4.83. The van der Waals surface area contributed by atoms with Crippen LogP contribution in [0.3, 0.4) is 0 Å². The lowest BCUT2D eigenvalue weighted by atomic mass is 10.2. The van der Waals surface area contributed by atoms with E-state index in [-0.39, 0.29) is 4.90 Å². The van der Waals surface area contributed by atoms with Gasteiger partial charge in [0.05, 0.1) is 4.90 Å². The Labute approximate surface area is 116 Å². The van der Waals surface area contributed by atoms with E-state index in [4.69, 9.17) is 5.73 Å². The first kappa shape index (κ1) is 13.6. The topological polar surface area (TPSA) is 63.4 Å². The van der Waals surface area contributed by atoms with Crippen LogP contribution in [0.25, 0.3) is 0 Å². The molecule has 0 aromatic heterocycles. The van der Waals surface area contributed by atoms with Crippen LogP contribution in [-0.4, -0.2) is 25.8 Å². The van der Waals surface area contributed by atoms with Gasteiger partial charge in [0.1, 0.15) is 0 Å². The highest BCUT2D eigenvalue weighted by atomic mass is 79.9. The lowest BCUT2D eigenvalue weighted by Crippen LogP contribution is -2.35. The number of benzene rings is 1. The summed E-state index contributed by atoms with van der Waals surface area (Å²) in [6.07, 6.45) is 2.82. The molecule has 6 heteroatoms. The van der Waals surface area contributed by atoms with Crippen LogP contribution in [0.1, 0.15) is 13.3 Å². The van der Waals surface area contributed by atoms with Crippen LogP contribution < -0.4 is 5.73 Å². The van der Waals surface area contributed by atoms with Gasteiger partial charge in [-0.2, -0.15) is 4.31 Å². The van der Waals surface area contributed by atoms with Crippen LogP contribution in [-0.2, 0) is 10.0 Å². The quantitative estimate of drug-likeness (QED) is 0.668. The molecule has 0 fully saturated rings. The van der Waals surface area contributed by atoms with Gasteiger partial charge in [0.2, 0.25) is 10.0 Å². The first-order chi connectivity index (χ1) is 8.41. The number of nitrogens with two attached hydrogens (primary N) is 1. The minimum Gasteiger partial charge on any atom is -0.399 e. The zero-order chi connectivity index (χ0) is 13.3. The molecule has 0 radical (unpaired) electrons. The van der Waals surface area contributed by atoms with Gasteiger partial charge < -0.3 is 5.73 Å². The number of hydrogen-bond acceptors (Lipinski definition) is 3. The van der Waals surface area contributed by atoms with Gasteiger partial charge in [0.15, 0.2) is 0 Å². The van der Waals surface area contributed by atoms with Crippen molar-refractivity contribution in [3.8, 4) is 0 Å². The molecule has 0 unspecified atom stereocenters. The summed E-state index contributed by atoms with van der Waals surface area (Å²) < 4.78 is 27.1. The average Bonchev–Trinajstić information content (AvgIpc) is 2.32. The van der Waals surface area contributed by atoms with Crippen LogP contribution in [0.4, 0.5) is 5.69 Å². The summed E-state index contributed by atoms with van der Waals surface area (Å²) in [5, 5.41) is 0. The molecule has 0 atom stereocenters. The highest BCUT2D eigenvalue weighted by molar-refractivity contribution is 9.10. The molecule has 0 amide bonds. The first-order valence-electron chi connectivity index (χ1n) is 5.62. The van der Waals surface area contributed by atoms with Gasteiger partial charge in [-0.1, -0.05) is 11.6 Å². The van der Waals surface area contributed by atoms with E-state index in [1.165, 1.54) is 10.4 Å². The molecule has 1 aliphatic rings. The summed E-state index contributed by atoms with van der Waals surface area (Å²) in [5.41, 5.74) is 7.19. The van der Waals surface area contributed by atoms with E-state index in [9.17, 15) is 8.42 Å². The van der Waals surface area contributed by atoms with Crippen molar-refractivity contribution in [2.45, 2.75) is 18.2 Å². The van der Waals surface area contributed by atoms with Crippen molar-refractivity contribution in [1.29, 1.82) is 0 Å². The van der Waals surface area contributed by atoms with E-state index in [2.05, 4.69) is 22.0 Å². The smallest absolute Gasteiger partial charge is 0.244 e. The third-order valence-electron chi connectivity index (χ3n) is 2.87. The second-order valence-corrected chi connectivity index (χ2v) is 7.13. The summed E-state index contributed by atoms with van der Waals surface area (Å²) in [5.74, 6) is 0. The number of halogens is 1. The Kier molecular flexibility index (Phi) is 3.79. The van der Waals surface area contributed by atoms with Gasteiger partial charge in [-0.15, -0.1) is 0 Å². The van der Waals surface area contributed by atoms with E-state index >= 15 is 0 Å². The Morgan fingerprint density at radius 1 is 1.39 bits per heavy atom. The molecule has 18 heavy (non-hydrogen) atoms. The molecular weight excluding hydrogens is 316 g/mol. The van der Waals surface area contributed by atoms with Crippen LogP contribution in [0.2, 0.25) is 0 Å². The minimum absolute atomic E-state index is 0.234. The predicted molar refractivity (Wildman–Crippen MR) is 75.7 cm³/mol. The van der Waals surface area contributed by atoms with E-state index in [0.717, 1.165) is 12.0 Å². The minimum atomic E-state index is -3.48. The van der Waals surface area contributed by atoms with E-state index in [1.807, 2.05) is 6.92 Å². The van der Waals surface area contributed by atoms with Gasteiger partial charge in [-0.05, 0) is 47.5 Å². The summed E-state index contributed by atoms with van der Waals surface area (Å²) in [4.78, 5) is 0.234. The van der Waals surface area contributed by atoms with Gasteiger partial charge in [-0.25, -0.2) is 8.42 Å². The van der Waals surface area contributed by atoms with E-state index in [0.29, 0.717) is 23.2 Å². The normalized spacial score (nSPS) is 17.6. The molecule has 0 saturated heterocycles. The molecule has 1 aromatic carbocycles. The summed E-state index contributed by atoms with van der Waals surface area (Å²) in [6.45, 7) is 2.90.